The van der Waals surface area contributed by atoms with Gasteiger partial charge in [0.05, 0.1) is 12.6 Å². The Labute approximate surface area is 145 Å². The SMILES string of the molecule is CC[C@@]1(c2ccccc2)NC(=O)N(C[C@@H](O)c2ccccc2F)C1=O. The molecule has 3 rings (SSSR count). The zero-order valence-corrected chi connectivity index (χ0v) is 13.8. The molecule has 0 unspecified atom stereocenters. The Morgan fingerprint density at radius 1 is 1.12 bits per heavy atom. The standard InChI is InChI=1S/C19H19FN2O3/c1-2-19(13-8-4-3-5-9-13)17(24)22(18(25)21-19)12-16(23)14-10-6-7-11-15(14)20/h3-11,16,23H,2,12H2,1H3,(H,21,25)/t16-,19+/m1/s1. The van der Waals surface area contributed by atoms with Gasteiger partial charge in [-0.15, -0.1) is 0 Å². The number of hydrogen-bond acceptors (Lipinski definition) is 3. The molecule has 2 atom stereocenters. The molecule has 1 aliphatic rings. The number of nitrogens with zero attached hydrogens (tertiary/aromatic N) is 1. The van der Waals surface area contributed by atoms with Gasteiger partial charge >= 0.3 is 6.03 Å². The number of rotatable bonds is 5. The van der Waals surface area contributed by atoms with Crippen molar-refractivity contribution in [2.24, 2.45) is 0 Å². The Balaban J connectivity index is 1.88. The molecule has 0 saturated carbocycles. The third-order valence-corrected chi connectivity index (χ3v) is 4.59. The zero-order valence-electron chi connectivity index (χ0n) is 13.8. The monoisotopic (exact) mass is 342 g/mol. The van der Waals surface area contributed by atoms with Crippen molar-refractivity contribution in [1.82, 2.24) is 10.2 Å². The molecular formula is C19H19FN2O3. The minimum Gasteiger partial charge on any atom is -0.386 e. The first kappa shape index (κ1) is 17.1. The van der Waals surface area contributed by atoms with Gasteiger partial charge in [-0.05, 0) is 18.1 Å². The van der Waals surface area contributed by atoms with Crippen LogP contribution in [0.2, 0.25) is 0 Å². The molecule has 0 radical (unpaired) electrons. The second kappa shape index (κ2) is 6.64. The summed E-state index contributed by atoms with van der Waals surface area (Å²) in [6.45, 7) is 1.50. The Kier molecular flexibility index (Phi) is 4.55. The number of imide groups is 1. The zero-order chi connectivity index (χ0) is 18.0. The van der Waals surface area contributed by atoms with Crippen LogP contribution in [0.5, 0.6) is 0 Å². The fourth-order valence-corrected chi connectivity index (χ4v) is 3.17. The van der Waals surface area contributed by atoms with E-state index in [0.717, 1.165) is 4.90 Å². The van der Waals surface area contributed by atoms with Gasteiger partial charge in [0.2, 0.25) is 0 Å². The van der Waals surface area contributed by atoms with Gasteiger partial charge in [-0.3, -0.25) is 9.69 Å². The molecule has 1 aliphatic heterocycles. The number of urea groups is 1. The third kappa shape index (κ3) is 2.89. The van der Waals surface area contributed by atoms with E-state index < -0.39 is 29.4 Å². The number of carbonyl (C=O) groups excluding carboxylic acids is 2. The van der Waals surface area contributed by atoms with E-state index >= 15 is 0 Å². The molecule has 1 fully saturated rings. The van der Waals surface area contributed by atoms with Crippen LogP contribution < -0.4 is 5.32 Å². The van der Waals surface area contributed by atoms with Gasteiger partial charge in [0.1, 0.15) is 11.4 Å². The average molecular weight is 342 g/mol. The van der Waals surface area contributed by atoms with Crippen LogP contribution in [0, 0.1) is 5.82 Å². The van der Waals surface area contributed by atoms with Crippen molar-refractivity contribution in [1.29, 1.82) is 0 Å². The smallest absolute Gasteiger partial charge is 0.325 e. The van der Waals surface area contributed by atoms with Crippen LogP contribution >= 0.6 is 0 Å². The summed E-state index contributed by atoms with van der Waals surface area (Å²) in [4.78, 5) is 26.3. The maximum Gasteiger partial charge on any atom is 0.325 e. The van der Waals surface area contributed by atoms with E-state index in [1.165, 1.54) is 18.2 Å². The molecule has 0 aliphatic carbocycles. The van der Waals surface area contributed by atoms with Crippen LogP contribution in [0.15, 0.2) is 54.6 Å². The minimum absolute atomic E-state index is 0.0526. The molecule has 6 heteroatoms. The number of benzene rings is 2. The second-order valence-corrected chi connectivity index (χ2v) is 6.01. The predicted octanol–water partition coefficient (Wildman–Crippen LogP) is 2.72. The Morgan fingerprint density at radius 2 is 1.76 bits per heavy atom. The largest absolute Gasteiger partial charge is 0.386 e. The van der Waals surface area contributed by atoms with Gasteiger partial charge in [-0.1, -0.05) is 55.5 Å². The molecule has 0 spiro atoms. The van der Waals surface area contributed by atoms with Gasteiger partial charge < -0.3 is 10.4 Å². The third-order valence-electron chi connectivity index (χ3n) is 4.59. The molecule has 1 saturated heterocycles. The summed E-state index contributed by atoms with van der Waals surface area (Å²) in [6.07, 6.45) is -0.923. The molecular weight excluding hydrogens is 323 g/mol. The van der Waals surface area contributed by atoms with Gasteiger partial charge in [-0.25, -0.2) is 9.18 Å². The van der Waals surface area contributed by atoms with E-state index in [1.807, 2.05) is 13.0 Å². The highest BCUT2D eigenvalue weighted by Gasteiger charge is 2.51. The van der Waals surface area contributed by atoms with Crippen molar-refractivity contribution in [3.05, 3.63) is 71.5 Å². The number of aliphatic hydroxyl groups is 1. The van der Waals surface area contributed by atoms with Crippen LogP contribution in [0.4, 0.5) is 9.18 Å². The van der Waals surface area contributed by atoms with Crippen molar-refractivity contribution >= 4 is 11.9 Å². The molecule has 0 aromatic heterocycles. The maximum absolute atomic E-state index is 13.8. The molecule has 1 heterocycles. The molecule has 5 nitrogen and oxygen atoms in total. The fraction of sp³-hybridized carbons (Fsp3) is 0.263. The lowest BCUT2D eigenvalue weighted by molar-refractivity contribution is -0.132. The average Bonchev–Trinajstić information content (AvgIpc) is 2.88. The van der Waals surface area contributed by atoms with Crippen LogP contribution in [-0.4, -0.2) is 28.5 Å². The lowest BCUT2D eigenvalue weighted by Crippen LogP contribution is -2.43. The van der Waals surface area contributed by atoms with Crippen molar-refractivity contribution < 1.29 is 19.1 Å². The van der Waals surface area contributed by atoms with Crippen LogP contribution in [-0.2, 0) is 10.3 Å². The van der Waals surface area contributed by atoms with Crippen LogP contribution in [0.1, 0.15) is 30.6 Å². The summed E-state index contributed by atoms with van der Waals surface area (Å²) in [7, 11) is 0. The van der Waals surface area contributed by atoms with Gasteiger partial charge in [0.25, 0.3) is 5.91 Å². The number of halogens is 1. The lowest BCUT2D eigenvalue weighted by atomic mass is 9.87. The quantitative estimate of drug-likeness (QED) is 0.821. The summed E-state index contributed by atoms with van der Waals surface area (Å²) in [5.41, 5.74) is -0.427. The highest BCUT2D eigenvalue weighted by atomic mass is 19.1. The highest BCUT2D eigenvalue weighted by molar-refractivity contribution is 6.07. The summed E-state index contributed by atoms with van der Waals surface area (Å²) in [5, 5.41) is 13.0. The fourth-order valence-electron chi connectivity index (χ4n) is 3.17. The molecule has 2 aromatic rings. The summed E-state index contributed by atoms with van der Waals surface area (Å²) in [6, 6.07) is 14.1. The van der Waals surface area contributed by atoms with E-state index in [0.29, 0.717) is 12.0 Å². The lowest BCUT2D eigenvalue weighted by Gasteiger charge is -2.26. The maximum atomic E-state index is 13.8. The number of aliphatic hydroxyl groups excluding tert-OH is 1. The van der Waals surface area contributed by atoms with Crippen molar-refractivity contribution in [2.75, 3.05) is 6.54 Å². The first-order valence-corrected chi connectivity index (χ1v) is 8.11. The summed E-state index contributed by atoms with van der Waals surface area (Å²) >= 11 is 0. The van der Waals surface area contributed by atoms with Crippen LogP contribution in [0.25, 0.3) is 0 Å². The van der Waals surface area contributed by atoms with E-state index in [2.05, 4.69) is 5.32 Å². The van der Waals surface area contributed by atoms with Crippen molar-refractivity contribution in [3.63, 3.8) is 0 Å². The summed E-state index contributed by atoms with van der Waals surface area (Å²) < 4.78 is 13.8. The molecule has 2 aromatic carbocycles. The number of carbonyl (C=O) groups is 2. The second-order valence-electron chi connectivity index (χ2n) is 6.01. The van der Waals surface area contributed by atoms with E-state index in [4.69, 9.17) is 0 Å². The first-order valence-electron chi connectivity index (χ1n) is 8.11. The highest BCUT2D eigenvalue weighted by Crippen LogP contribution is 2.33. The van der Waals surface area contributed by atoms with E-state index in [1.54, 1.807) is 30.3 Å². The molecule has 2 N–H and O–H groups in total. The Morgan fingerprint density at radius 3 is 2.40 bits per heavy atom. The number of hydrogen-bond donors (Lipinski definition) is 2. The minimum atomic E-state index is -1.29. The first-order chi connectivity index (χ1) is 12.0. The van der Waals surface area contributed by atoms with Crippen molar-refractivity contribution in [2.45, 2.75) is 25.0 Å². The summed E-state index contributed by atoms with van der Waals surface area (Å²) in [5.74, 6) is -1.02. The molecule has 25 heavy (non-hydrogen) atoms. The number of nitrogens with one attached hydrogen (secondary N) is 1. The Bertz CT molecular complexity index is 796. The number of amides is 3. The van der Waals surface area contributed by atoms with Gasteiger partial charge in [0, 0.05) is 5.56 Å². The molecule has 130 valence electrons. The van der Waals surface area contributed by atoms with E-state index in [-0.39, 0.29) is 12.1 Å². The predicted molar refractivity (Wildman–Crippen MR) is 90.0 cm³/mol. The molecule has 0 bridgehead atoms. The topological polar surface area (TPSA) is 69.6 Å². The van der Waals surface area contributed by atoms with Gasteiger partial charge in [-0.2, -0.15) is 0 Å². The Hall–Kier alpha value is -2.73. The number of β-amino-alcohol motifs (C(OH)–C–C–N with tert-alkyl or cyclic N) is 1. The molecule has 3 amide bonds. The normalized spacial score (nSPS) is 21.3. The van der Waals surface area contributed by atoms with Gasteiger partial charge in [0.15, 0.2) is 0 Å². The van der Waals surface area contributed by atoms with E-state index in [9.17, 15) is 19.1 Å². The van der Waals surface area contributed by atoms with Crippen LogP contribution in [0.3, 0.4) is 0 Å². The van der Waals surface area contributed by atoms with Crippen molar-refractivity contribution in [3.8, 4) is 0 Å².